The molecule has 17 heavy (non-hydrogen) atoms. The molecule has 0 aliphatic heterocycles. The number of nitrogens with zero attached hydrogens (tertiary/aromatic N) is 2. The first-order valence-corrected chi connectivity index (χ1v) is 7.20. The third kappa shape index (κ3) is 2.68. The summed E-state index contributed by atoms with van der Waals surface area (Å²) in [7, 11) is 0. The zero-order valence-corrected chi connectivity index (χ0v) is 11.1. The van der Waals surface area contributed by atoms with Crippen LogP contribution in [0.2, 0.25) is 0 Å². The fraction of sp³-hybridized carbons (Fsp3) is 0.231. The second-order valence-electron chi connectivity index (χ2n) is 3.52. The van der Waals surface area contributed by atoms with E-state index in [4.69, 9.17) is 0 Å². The van der Waals surface area contributed by atoms with Crippen LogP contribution in [0.3, 0.4) is 0 Å². The quantitative estimate of drug-likeness (QED) is 0.774. The Bertz CT molecular complexity index is 526. The molecule has 1 aromatic heterocycles. The van der Waals surface area contributed by atoms with E-state index in [1.54, 1.807) is 11.8 Å². The molecular formula is C13H12N2S2. The van der Waals surface area contributed by atoms with Crippen molar-refractivity contribution in [3.63, 3.8) is 0 Å². The average molecular weight is 260 g/mol. The van der Waals surface area contributed by atoms with E-state index in [0.717, 1.165) is 33.2 Å². The molecule has 0 atom stereocenters. The van der Waals surface area contributed by atoms with Gasteiger partial charge in [0.15, 0.2) is 0 Å². The number of nitriles is 1. The van der Waals surface area contributed by atoms with E-state index in [9.17, 15) is 5.26 Å². The largest absolute Gasteiger partial charge is 0.192 e. The Morgan fingerprint density at radius 1 is 1.35 bits per heavy atom. The molecule has 0 spiro atoms. The molecule has 0 saturated heterocycles. The summed E-state index contributed by atoms with van der Waals surface area (Å²) in [5.74, 6) is 1.01. The van der Waals surface area contributed by atoms with Crippen molar-refractivity contribution in [2.24, 2.45) is 0 Å². The second-order valence-corrected chi connectivity index (χ2v) is 5.38. The number of benzene rings is 1. The van der Waals surface area contributed by atoms with Crippen LogP contribution >= 0.6 is 23.3 Å². The van der Waals surface area contributed by atoms with Crippen molar-refractivity contribution in [3.05, 3.63) is 35.9 Å². The molecule has 0 radical (unpaired) electrons. The van der Waals surface area contributed by atoms with Gasteiger partial charge in [-0.05, 0) is 29.3 Å². The van der Waals surface area contributed by atoms with E-state index in [0.29, 0.717) is 0 Å². The van der Waals surface area contributed by atoms with E-state index in [-0.39, 0.29) is 0 Å². The number of aromatic nitrogens is 1. The summed E-state index contributed by atoms with van der Waals surface area (Å²) >= 11 is 3.07. The summed E-state index contributed by atoms with van der Waals surface area (Å²) < 4.78 is 4.38. The summed E-state index contributed by atoms with van der Waals surface area (Å²) in [6.07, 6.45) is 1.09. The molecule has 0 fully saturated rings. The molecule has 0 amide bonds. The van der Waals surface area contributed by atoms with Gasteiger partial charge in [-0.25, -0.2) is 0 Å². The normalized spacial score (nSPS) is 10.1. The molecule has 0 aliphatic carbocycles. The second kappa shape index (κ2) is 5.85. The highest BCUT2D eigenvalue weighted by Gasteiger charge is 2.14. The highest BCUT2D eigenvalue weighted by atomic mass is 32.2. The fourth-order valence-electron chi connectivity index (χ4n) is 1.46. The molecule has 2 rings (SSSR count). The van der Waals surface area contributed by atoms with Crippen molar-refractivity contribution >= 4 is 23.3 Å². The minimum atomic E-state index is 0.722. The van der Waals surface area contributed by atoms with Crippen LogP contribution in [-0.2, 0) is 0 Å². The lowest BCUT2D eigenvalue weighted by Crippen LogP contribution is -1.82. The minimum Gasteiger partial charge on any atom is -0.192 e. The lowest BCUT2D eigenvalue weighted by Gasteiger charge is -1.97. The zero-order chi connectivity index (χ0) is 12.1. The Kier molecular flexibility index (Phi) is 4.18. The Morgan fingerprint density at radius 2 is 2.12 bits per heavy atom. The molecule has 2 aromatic rings. The van der Waals surface area contributed by atoms with E-state index < -0.39 is 0 Å². The predicted octanol–water partition coefficient (Wildman–Crippen LogP) is 4.18. The topological polar surface area (TPSA) is 36.7 Å². The summed E-state index contributed by atoms with van der Waals surface area (Å²) in [4.78, 5) is 0.978. The molecular weight excluding hydrogens is 248 g/mol. The molecule has 4 heteroatoms. The first-order chi connectivity index (χ1) is 8.36. The fourth-order valence-corrected chi connectivity index (χ4v) is 3.28. The molecule has 0 saturated carbocycles. The molecule has 0 aliphatic rings. The number of hydrogen-bond acceptors (Lipinski definition) is 4. The average Bonchev–Trinajstić information content (AvgIpc) is 2.80. The highest BCUT2D eigenvalue weighted by molar-refractivity contribution is 7.99. The molecule has 2 nitrogen and oxygen atoms in total. The van der Waals surface area contributed by atoms with Gasteiger partial charge >= 0.3 is 0 Å². The monoisotopic (exact) mass is 260 g/mol. The van der Waals surface area contributed by atoms with Crippen LogP contribution in [0.1, 0.15) is 18.9 Å². The van der Waals surface area contributed by atoms with Crippen molar-refractivity contribution < 1.29 is 0 Å². The molecule has 86 valence electrons. The lowest BCUT2D eigenvalue weighted by molar-refractivity contribution is 1.10. The number of thioether (sulfide) groups is 1. The van der Waals surface area contributed by atoms with E-state index in [1.165, 1.54) is 11.5 Å². The van der Waals surface area contributed by atoms with Gasteiger partial charge in [-0.3, -0.25) is 0 Å². The Morgan fingerprint density at radius 3 is 2.76 bits per heavy atom. The minimum absolute atomic E-state index is 0.722. The van der Waals surface area contributed by atoms with Crippen LogP contribution in [0.25, 0.3) is 10.4 Å². The lowest BCUT2D eigenvalue weighted by atomic mass is 10.1. The first kappa shape index (κ1) is 12.2. The van der Waals surface area contributed by atoms with Gasteiger partial charge in [0.05, 0.1) is 4.88 Å². The Hall–Kier alpha value is -1.31. The maximum atomic E-state index is 9.25. The van der Waals surface area contributed by atoms with Gasteiger partial charge in [-0.15, -0.1) is 11.8 Å². The molecule has 1 heterocycles. The van der Waals surface area contributed by atoms with Crippen LogP contribution in [0.15, 0.2) is 35.4 Å². The maximum Gasteiger partial charge on any atom is 0.128 e. The highest BCUT2D eigenvalue weighted by Crippen LogP contribution is 2.34. The van der Waals surface area contributed by atoms with E-state index in [2.05, 4.69) is 17.4 Å². The van der Waals surface area contributed by atoms with Crippen molar-refractivity contribution in [1.29, 1.82) is 5.26 Å². The van der Waals surface area contributed by atoms with Gasteiger partial charge in [0.1, 0.15) is 16.7 Å². The number of hydrogen-bond donors (Lipinski definition) is 0. The summed E-state index contributed by atoms with van der Waals surface area (Å²) in [6.45, 7) is 2.13. The van der Waals surface area contributed by atoms with Crippen LogP contribution in [-0.4, -0.2) is 10.1 Å². The molecule has 0 N–H and O–H groups in total. The van der Waals surface area contributed by atoms with Gasteiger partial charge in [-0.1, -0.05) is 37.3 Å². The molecule has 0 bridgehead atoms. The van der Waals surface area contributed by atoms with E-state index >= 15 is 0 Å². The van der Waals surface area contributed by atoms with Gasteiger partial charge < -0.3 is 0 Å². The molecule has 0 unspecified atom stereocenters. The van der Waals surface area contributed by atoms with Crippen LogP contribution < -0.4 is 0 Å². The number of rotatable bonds is 4. The Labute approximate surface area is 109 Å². The summed E-state index contributed by atoms with van der Waals surface area (Å²) in [6, 6.07) is 12.2. The van der Waals surface area contributed by atoms with Gasteiger partial charge in [0.25, 0.3) is 0 Å². The van der Waals surface area contributed by atoms with Crippen LogP contribution in [0.5, 0.6) is 0 Å². The van der Waals surface area contributed by atoms with Crippen molar-refractivity contribution in [2.75, 3.05) is 5.75 Å². The van der Waals surface area contributed by atoms with Gasteiger partial charge in [-0.2, -0.15) is 9.64 Å². The predicted molar refractivity (Wildman–Crippen MR) is 73.3 cm³/mol. The van der Waals surface area contributed by atoms with Crippen molar-refractivity contribution in [1.82, 2.24) is 4.37 Å². The van der Waals surface area contributed by atoms with Crippen LogP contribution in [0.4, 0.5) is 0 Å². The zero-order valence-electron chi connectivity index (χ0n) is 9.51. The van der Waals surface area contributed by atoms with Crippen molar-refractivity contribution in [3.8, 4) is 16.5 Å². The molecule has 1 aromatic carbocycles. The summed E-state index contributed by atoms with van der Waals surface area (Å²) in [5.41, 5.74) is 1.80. The SMILES string of the molecule is CCCSc1nsc(-c2ccccc2)c1C#N. The third-order valence-electron chi connectivity index (χ3n) is 2.25. The maximum absolute atomic E-state index is 9.25. The van der Waals surface area contributed by atoms with Crippen molar-refractivity contribution in [2.45, 2.75) is 18.4 Å². The Balaban J connectivity index is 2.37. The van der Waals surface area contributed by atoms with Gasteiger partial charge in [0.2, 0.25) is 0 Å². The first-order valence-electron chi connectivity index (χ1n) is 5.44. The standard InChI is InChI=1S/C13H12N2S2/c1-2-8-16-13-11(9-14)12(17-15-13)10-6-4-3-5-7-10/h3-7H,2,8H2,1H3. The third-order valence-corrected chi connectivity index (χ3v) is 4.44. The summed E-state index contributed by atoms with van der Waals surface area (Å²) in [5, 5.41) is 10.1. The van der Waals surface area contributed by atoms with Crippen LogP contribution in [0, 0.1) is 11.3 Å². The van der Waals surface area contributed by atoms with Gasteiger partial charge in [0, 0.05) is 0 Å². The smallest absolute Gasteiger partial charge is 0.128 e. The van der Waals surface area contributed by atoms with E-state index in [1.807, 2.05) is 30.3 Å².